The van der Waals surface area contributed by atoms with Crippen LogP contribution in [0.3, 0.4) is 0 Å². The quantitative estimate of drug-likeness (QED) is 0.820. The van der Waals surface area contributed by atoms with Gasteiger partial charge in [-0.25, -0.2) is 0 Å². The highest BCUT2D eigenvalue weighted by molar-refractivity contribution is 6.39. The SMILES string of the molecule is Cc1cc(NC(=O)C(=O)N2CCCc3ccccc3CC2)ccn1. The van der Waals surface area contributed by atoms with E-state index in [1.165, 1.54) is 11.1 Å². The first-order valence-electron chi connectivity index (χ1n) is 8.23. The van der Waals surface area contributed by atoms with Gasteiger partial charge in [0.05, 0.1) is 0 Å². The minimum absolute atomic E-state index is 0.469. The predicted octanol–water partition coefficient (Wildman–Crippen LogP) is 2.35. The third kappa shape index (κ3) is 3.79. The van der Waals surface area contributed by atoms with Gasteiger partial charge in [0, 0.05) is 30.7 Å². The van der Waals surface area contributed by atoms with E-state index < -0.39 is 11.8 Å². The third-order valence-corrected chi connectivity index (χ3v) is 4.28. The molecule has 0 spiro atoms. The van der Waals surface area contributed by atoms with Gasteiger partial charge in [0.15, 0.2) is 0 Å². The lowest BCUT2D eigenvalue weighted by atomic mass is 9.98. The van der Waals surface area contributed by atoms with E-state index in [2.05, 4.69) is 22.4 Å². The Labute approximate surface area is 141 Å². The van der Waals surface area contributed by atoms with Gasteiger partial charge in [-0.3, -0.25) is 14.6 Å². The van der Waals surface area contributed by atoms with E-state index in [4.69, 9.17) is 0 Å². The molecular formula is C19H21N3O2. The fourth-order valence-corrected chi connectivity index (χ4v) is 3.03. The van der Waals surface area contributed by atoms with Crippen LogP contribution in [0, 0.1) is 6.92 Å². The standard InChI is InChI=1S/C19H21N3O2/c1-14-13-17(8-10-20-14)21-18(23)19(24)22-11-4-7-15-5-2-3-6-16(15)9-12-22/h2-3,5-6,8,10,13H,4,7,9,11-12H2,1H3,(H,20,21,23). The molecular weight excluding hydrogens is 302 g/mol. The number of amides is 2. The molecule has 1 aliphatic heterocycles. The summed E-state index contributed by atoms with van der Waals surface area (Å²) in [6, 6.07) is 11.7. The highest BCUT2D eigenvalue weighted by Gasteiger charge is 2.23. The molecule has 0 saturated heterocycles. The molecule has 0 bridgehead atoms. The molecule has 5 nitrogen and oxygen atoms in total. The molecule has 3 rings (SSSR count). The highest BCUT2D eigenvalue weighted by Crippen LogP contribution is 2.16. The summed E-state index contributed by atoms with van der Waals surface area (Å²) >= 11 is 0. The van der Waals surface area contributed by atoms with Gasteiger partial charge < -0.3 is 10.2 Å². The normalized spacial score (nSPS) is 14.3. The van der Waals surface area contributed by atoms with Gasteiger partial charge in [-0.1, -0.05) is 24.3 Å². The molecule has 0 atom stereocenters. The van der Waals surface area contributed by atoms with Crippen molar-refractivity contribution in [3.05, 3.63) is 59.4 Å². The van der Waals surface area contributed by atoms with Crippen molar-refractivity contribution >= 4 is 17.5 Å². The van der Waals surface area contributed by atoms with Gasteiger partial charge in [-0.2, -0.15) is 0 Å². The second-order valence-electron chi connectivity index (χ2n) is 6.05. The van der Waals surface area contributed by atoms with Crippen LogP contribution in [0.5, 0.6) is 0 Å². The number of aromatic nitrogens is 1. The lowest BCUT2D eigenvalue weighted by Gasteiger charge is -2.25. The maximum absolute atomic E-state index is 12.5. The number of pyridine rings is 1. The molecule has 5 heteroatoms. The number of hydrogen-bond donors (Lipinski definition) is 1. The minimum atomic E-state index is -0.588. The fraction of sp³-hybridized carbons (Fsp3) is 0.316. The molecule has 124 valence electrons. The molecule has 0 fully saturated rings. The van der Waals surface area contributed by atoms with Crippen LogP contribution in [-0.4, -0.2) is 34.8 Å². The topological polar surface area (TPSA) is 62.3 Å². The van der Waals surface area contributed by atoms with Crippen LogP contribution >= 0.6 is 0 Å². The molecule has 2 heterocycles. The van der Waals surface area contributed by atoms with Crippen LogP contribution in [0.25, 0.3) is 0 Å². The Morgan fingerprint density at radius 3 is 2.58 bits per heavy atom. The summed E-state index contributed by atoms with van der Waals surface area (Å²) in [4.78, 5) is 30.4. The van der Waals surface area contributed by atoms with E-state index >= 15 is 0 Å². The number of rotatable bonds is 1. The number of nitrogens with zero attached hydrogens (tertiary/aromatic N) is 2. The molecule has 0 aliphatic carbocycles. The average Bonchev–Trinajstić information content (AvgIpc) is 2.55. The first-order valence-corrected chi connectivity index (χ1v) is 8.23. The Balaban J connectivity index is 1.65. The number of benzene rings is 1. The number of fused-ring (bicyclic) bond motifs is 1. The van der Waals surface area contributed by atoms with Crippen molar-refractivity contribution in [2.45, 2.75) is 26.2 Å². The monoisotopic (exact) mass is 323 g/mol. The summed E-state index contributed by atoms with van der Waals surface area (Å²) in [5.41, 5.74) is 4.00. The Kier molecular flexibility index (Phi) is 4.89. The van der Waals surface area contributed by atoms with Crippen molar-refractivity contribution in [1.82, 2.24) is 9.88 Å². The Morgan fingerprint density at radius 2 is 1.83 bits per heavy atom. The van der Waals surface area contributed by atoms with Crippen molar-refractivity contribution < 1.29 is 9.59 Å². The molecule has 0 unspecified atom stereocenters. The molecule has 2 amide bonds. The first-order chi connectivity index (χ1) is 11.6. The minimum Gasteiger partial charge on any atom is -0.334 e. The van der Waals surface area contributed by atoms with Crippen molar-refractivity contribution in [2.24, 2.45) is 0 Å². The molecule has 1 aliphatic rings. The molecule has 0 saturated carbocycles. The smallest absolute Gasteiger partial charge is 0.313 e. The van der Waals surface area contributed by atoms with Gasteiger partial charge in [0.1, 0.15) is 0 Å². The van der Waals surface area contributed by atoms with Gasteiger partial charge >= 0.3 is 11.8 Å². The van der Waals surface area contributed by atoms with E-state index in [0.29, 0.717) is 18.8 Å². The highest BCUT2D eigenvalue weighted by atomic mass is 16.2. The van der Waals surface area contributed by atoms with Gasteiger partial charge in [-0.05, 0) is 49.4 Å². The number of carbonyl (C=O) groups excluding carboxylic acids is 2. The van der Waals surface area contributed by atoms with Gasteiger partial charge in [-0.15, -0.1) is 0 Å². The largest absolute Gasteiger partial charge is 0.334 e. The van der Waals surface area contributed by atoms with E-state index in [1.807, 2.05) is 19.1 Å². The van der Waals surface area contributed by atoms with E-state index in [9.17, 15) is 9.59 Å². The maximum atomic E-state index is 12.5. The first kappa shape index (κ1) is 16.2. The van der Waals surface area contributed by atoms with Crippen LogP contribution in [0.2, 0.25) is 0 Å². The van der Waals surface area contributed by atoms with Gasteiger partial charge in [0.25, 0.3) is 0 Å². The average molecular weight is 323 g/mol. The molecule has 1 aromatic heterocycles. The second-order valence-corrected chi connectivity index (χ2v) is 6.05. The zero-order valence-corrected chi connectivity index (χ0v) is 13.8. The van der Waals surface area contributed by atoms with Crippen molar-refractivity contribution in [2.75, 3.05) is 18.4 Å². The fourth-order valence-electron chi connectivity index (χ4n) is 3.03. The van der Waals surface area contributed by atoms with E-state index in [0.717, 1.165) is 25.0 Å². The van der Waals surface area contributed by atoms with Crippen molar-refractivity contribution in [1.29, 1.82) is 0 Å². The van der Waals surface area contributed by atoms with E-state index in [-0.39, 0.29) is 0 Å². The summed E-state index contributed by atoms with van der Waals surface area (Å²) < 4.78 is 0. The van der Waals surface area contributed by atoms with Gasteiger partial charge in [0.2, 0.25) is 0 Å². The lowest BCUT2D eigenvalue weighted by Crippen LogP contribution is -2.42. The summed E-state index contributed by atoms with van der Waals surface area (Å²) in [6.07, 6.45) is 4.20. The lowest BCUT2D eigenvalue weighted by molar-refractivity contribution is -0.143. The van der Waals surface area contributed by atoms with Crippen molar-refractivity contribution in [3.8, 4) is 0 Å². The maximum Gasteiger partial charge on any atom is 0.313 e. The predicted molar refractivity (Wildman–Crippen MR) is 92.7 cm³/mol. The number of anilines is 1. The summed E-state index contributed by atoms with van der Waals surface area (Å²) in [6.45, 7) is 3.02. The Hall–Kier alpha value is -2.69. The van der Waals surface area contributed by atoms with Crippen LogP contribution in [0.1, 0.15) is 23.2 Å². The third-order valence-electron chi connectivity index (χ3n) is 4.28. The number of aryl methyl sites for hydroxylation is 2. The number of nitrogens with one attached hydrogen (secondary N) is 1. The summed E-state index contributed by atoms with van der Waals surface area (Å²) in [5, 5.41) is 2.66. The second kappa shape index (κ2) is 7.25. The van der Waals surface area contributed by atoms with E-state index in [1.54, 1.807) is 23.2 Å². The summed E-state index contributed by atoms with van der Waals surface area (Å²) in [7, 11) is 0. The molecule has 0 radical (unpaired) electrons. The van der Waals surface area contributed by atoms with Crippen LogP contribution in [0.15, 0.2) is 42.6 Å². The zero-order valence-electron chi connectivity index (χ0n) is 13.8. The Bertz CT molecular complexity index is 758. The number of hydrogen-bond acceptors (Lipinski definition) is 3. The van der Waals surface area contributed by atoms with Crippen LogP contribution < -0.4 is 5.32 Å². The van der Waals surface area contributed by atoms with Crippen LogP contribution in [-0.2, 0) is 22.4 Å². The van der Waals surface area contributed by atoms with Crippen molar-refractivity contribution in [3.63, 3.8) is 0 Å². The molecule has 1 aromatic carbocycles. The molecule has 1 N–H and O–H groups in total. The molecule has 24 heavy (non-hydrogen) atoms. The summed E-state index contributed by atoms with van der Waals surface area (Å²) in [5.74, 6) is -1.06. The number of carbonyl (C=O) groups is 2. The van der Waals surface area contributed by atoms with Crippen LogP contribution in [0.4, 0.5) is 5.69 Å². The molecule has 2 aromatic rings. The zero-order chi connectivity index (χ0) is 16.9. The Morgan fingerprint density at radius 1 is 1.08 bits per heavy atom.